The first-order valence-corrected chi connectivity index (χ1v) is 7.59. The van der Waals surface area contributed by atoms with Crippen LogP contribution >= 0.6 is 34.7 Å². The SMILES string of the molecule is Cc1sccc1C(N)CSc1ccccc1Cl. The van der Waals surface area contributed by atoms with Crippen LogP contribution in [0.4, 0.5) is 0 Å². The van der Waals surface area contributed by atoms with Gasteiger partial charge in [-0.1, -0.05) is 23.7 Å². The lowest BCUT2D eigenvalue weighted by atomic mass is 10.1. The molecular weight excluding hydrogens is 270 g/mol. The van der Waals surface area contributed by atoms with Crippen LogP contribution in [-0.4, -0.2) is 5.75 Å². The molecule has 0 aliphatic heterocycles. The fourth-order valence-electron chi connectivity index (χ4n) is 1.61. The van der Waals surface area contributed by atoms with Gasteiger partial charge in [0.05, 0.1) is 5.02 Å². The molecule has 2 rings (SSSR count). The average molecular weight is 284 g/mol. The lowest BCUT2D eigenvalue weighted by Gasteiger charge is -2.11. The lowest BCUT2D eigenvalue weighted by molar-refractivity contribution is 0.829. The quantitative estimate of drug-likeness (QED) is 0.836. The highest BCUT2D eigenvalue weighted by Crippen LogP contribution is 2.31. The van der Waals surface area contributed by atoms with Crippen LogP contribution in [0.15, 0.2) is 40.6 Å². The zero-order valence-electron chi connectivity index (χ0n) is 9.52. The van der Waals surface area contributed by atoms with E-state index in [0.717, 1.165) is 15.7 Å². The van der Waals surface area contributed by atoms with E-state index < -0.39 is 0 Å². The Morgan fingerprint density at radius 2 is 2.12 bits per heavy atom. The number of thioether (sulfide) groups is 1. The van der Waals surface area contributed by atoms with Gasteiger partial charge in [-0.3, -0.25) is 0 Å². The number of rotatable bonds is 4. The summed E-state index contributed by atoms with van der Waals surface area (Å²) in [6, 6.07) is 10.1. The molecule has 0 aliphatic carbocycles. The number of nitrogens with two attached hydrogens (primary N) is 1. The molecule has 17 heavy (non-hydrogen) atoms. The summed E-state index contributed by atoms with van der Waals surface area (Å²) in [6.07, 6.45) is 0. The maximum absolute atomic E-state index is 6.18. The monoisotopic (exact) mass is 283 g/mol. The molecule has 1 aromatic heterocycles. The van der Waals surface area contributed by atoms with Gasteiger partial charge in [0, 0.05) is 21.6 Å². The van der Waals surface area contributed by atoms with E-state index in [-0.39, 0.29) is 6.04 Å². The van der Waals surface area contributed by atoms with Gasteiger partial charge in [0.25, 0.3) is 0 Å². The fraction of sp³-hybridized carbons (Fsp3) is 0.231. The summed E-state index contributed by atoms with van der Waals surface area (Å²) >= 11 is 9.56. The second kappa shape index (κ2) is 5.91. The molecule has 1 aromatic carbocycles. The molecule has 1 heterocycles. The molecule has 0 fully saturated rings. The van der Waals surface area contributed by atoms with Crippen LogP contribution in [0, 0.1) is 6.92 Å². The fourth-order valence-corrected chi connectivity index (χ4v) is 3.60. The predicted molar refractivity (Wildman–Crippen MR) is 78.2 cm³/mol. The maximum Gasteiger partial charge on any atom is 0.0541 e. The standard InChI is InChI=1S/C13H14ClNS2/c1-9-10(6-7-16-9)12(15)8-17-13-5-3-2-4-11(13)14/h2-7,12H,8,15H2,1H3. The average Bonchev–Trinajstić information content (AvgIpc) is 2.74. The highest BCUT2D eigenvalue weighted by Gasteiger charge is 2.11. The summed E-state index contributed by atoms with van der Waals surface area (Å²) in [6.45, 7) is 2.11. The number of halogens is 1. The largest absolute Gasteiger partial charge is 0.323 e. The van der Waals surface area contributed by atoms with E-state index in [9.17, 15) is 0 Å². The van der Waals surface area contributed by atoms with Crippen LogP contribution in [0.25, 0.3) is 0 Å². The van der Waals surface area contributed by atoms with Gasteiger partial charge in [-0.15, -0.1) is 23.1 Å². The van der Waals surface area contributed by atoms with Crippen molar-refractivity contribution in [3.8, 4) is 0 Å². The Labute approximate surface area is 115 Å². The predicted octanol–water partition coefficient (Wildman–Crippen LogP) is 4.50. The highest BCUT2D eigenvalue weighted by atomic mass is 35.5. The third-order valence-corrected chi connectivity index (χ3v) is 5.05. The van der Waals surface area contributed by atoms with E-state index in [4.69, 9.17) is 17.3 Å². The van der Waals surface area contributed by atoms with Crippen LogP contribution in [0.5, 0.6) is 0 Å². The normalized spacial score (nSPS) is 12.6. The Hall–Kier alpha value is -0.480. The van der Waals surface area contributed by atoms with Gasteiger partial charge in [-0.05, 0) is 36.1 Å². The summed E-state index contributed by atoms with van der Waals surface area (Å²) in [5.41, 5.74) is 7.43. The number of hydrogen-bond acceptors (Lipinski definition) is 3. The second-order valence-electron chi connectivity index (χ2n) is 3.78. The van der Waals surface area contributed by atoms with Crippen LogP contribution in [-0.2, 0) is 0 Å². The lowest BCUT2D eigenvalue weighted by Crippen LogP contribution is -2.12. The Morgan fingerprint density at radius 3 is 2.76 bits per heavy atom. The van der Waals surface area contributed by atoms with Gasteiger partial charge >= 0.3 is 0 Å². The molecule has 0 saturated carbocycles. The maximum atomic E-state index is 6.18. The Kier molecular flexibility index (Phi) is 4.51. The zero-order valence-corrected chi connectivity index (χ0v) is 11.9. The summed E-state index contributed by atoms with van der Waals surface area (Å²) in [7, 11) is 0. The van der Waals surface area contributed by atoms with E-state index in [1.54, 1.807) is 23.1 Å². The summed E-state index contributed by atoms with van der Waals surface area (Å²) < 4.78 is 0. The number of benzene rings is 1. The van der Waals surface area contributed by atoms with Crippen LogP contribution in [0.1, 0.15) is 16.5 Å². The van der Waals surface area contributed by atoms with Crippen molar-refractivity contribution in [2.24, 2.45) is 5.73 Å². The van der Waals surface area contributed by atoms with E-state index in [2.05, 4.69) is 18.4 Å². The molecule has 2 N–H and O–H groups in total. The molecule has 2 aromatic rings. The van der Waals surface area contributed by atoms with Crippen molar-refractivity contribution in [1.29, 1.82) is 0 Å². The van der Waals surface area contributed by atoms with Crippen molar-refractivity contribution >= 4 is 34.7 Å². The van der Waals surface area contributed by atoms with Crippen molar-refractivity contribution in [1.82, 2.24) is 0 Å². The first-order chi connectivity index (χ1) is 8.18. The molecule has 90 valence electrons. The minimum absolute atomic E-state index is 0.0718. The smallest absolute Gasteiger partial charge is 0.0541 e. The van der Waals surface area contributed by atoms with E-state index in [1.165, 1.54) is 10.4 Å². The van der Waals surface area contributed by atoms with Crippen molar-refractivity contribution in [3.63, 3.8) is 0 Å². The van der Waals surface area contributed by atoms with E-state index in [0.29, 0.717) is 0 Å². The molecule has 0 aliphatic rings. The van der Waals surface area contributed by atoms with Crippen molar-refractivity contribution < 1.29 is 0 Å². The van der Waals surface area contributed by atoms with Crippen LogP contribution in [0.2, 0.25) is 5.02 Å². The van der Waals surface area contributed by atoms with E-state index >= 15 is 0 Å². The minimum Gasteiger partial charge on any atom is -0.323 e. The topological polar surface area (TPSA) is 26.0 Å². The summed E-state index contributed by atoms with van der Waals surface area (Å²) in [5.74, 6) is 0.849. The van der Waals surface area contributed by atoms with Crippen molar-refractivity contribution in [2.75, 3.05) is 5.75 Å². The minimum atomic E-state index is 0.0718. The van der Waals surface area contributed by atoms with Gasteiger partial charge in [0.2, 0.25) is 0 Å². The summed E-state index contributed by atoms with van der Waals surface area (Å²) in [5, 5.41) is 2.89. The van der Waals surface area contributed by atoms with Crippen molar-refractivity contribution in [3.05, 3.63) is 51.2 Å². The Bertz CT molecular complexity index is 496. The van der Waals surface area contributed by atoms with Gasteiger partial charge in [0.15, 0.2) is 0 Å². The third kappa shape index (κ3) is 3.26. The molecule has 1 atom stereocenters. The van der Waals surface area contributed by atoms with E-state index in [1.807, 2.05) is 24.3 Å². The molecule has 0 amide bonds. The highest BCUT2D eigenvalue weighted by molar-refractivity contribution is 7.99. The van der Waals surface area contributed by atoms with Gasteiger partial charge < -0.3 is 5.73 Å². The molecule has 0 bridgehead atoms. The molecule has 0 saturated heterocycles. The van der Waals surface area contributed by atoms with Crippen molar-refractivity contribution in [2.45, 2.75) is 17.9 Å². The molecule has 0 radical (unpaired) electrons. The number of hydrogen-bond donors (Lipinski definition) is 1. The van der Waals surface area contributed by atoms with Gasteiger partial charge in [-0.2, -0.15) is 0 Å². The number of aryl methyl sites for hydroxylation is 1. The molecule has 1 nitrogen and oxygen atoms in total. The first kappa shape index (κ1) is 13.0. The zero-order chi connectivity index (χ0) is 12.3. The molecule has 1 unspecified atom stereocenters. The molecule has 4 heteroatoms. The van der Waals surface area contributed by atoms with Crippen LogP contribution in [0.3, 0.4) is 0 Å². The Balaban J connectivity index is 2.00. The third-order valence-electron chi connectivity index (χ3n) is 2.55. The van der Waals surface area contributed by atoms with Gasteiger partial charge in [-0.25, -0.2) is 0 Å². The second-order valence-corrected chi connectivity index (χ2v) is 6.37. The Morgan fingerprint density at radius 1 is 1.35 bits per heavy atom. The summed E-state index contributed by atoms with van der Waals surface area (Å²) in [4.78, 5) is 2.40. The molecule has 0 spiro atoms. The van der Waals surface area contributed by atoms with Crippen LogP contribution < -0.4 is 5.73 Å². The molecular formula is C13H14ClNS2. The first-order valence-electron chi connectivity index (χ1n) is 5.35. The number of thiophene rings is 1. The van der Waals surface area contributed by atoms with Gasteiger partial charge in [0.1, 0.15) is 0 Å².